The minimum Gasteiger partial charge on any atom is -0.477 e. The SMILES string of the molecule is CC(=O)OCC1=C(C(=O)O)N2C(=O)[C@@](N)(C(N)=O)[C@H]2SC1. The third-order valence-corrected chi connectivity index (χ3v) is 4.66. The molecule has 2 rings (SSSR count). The number of carboxylic acid groups (broad SMARTS) is 1. The minimum absolute atomic E-state index is 0.162. The lowest BCUT2D eigenvalue weighted by molar-refractivity contribution is -0.159. The van der Waals surface area contributed by atoms with Crippen LogP contribution in [0.3, 0.4) is 0 Å². The van der Waals surface area contributed by atoms with Crippen LogP contribution in [0, 0.1) is 0 Å². The lowest BCUT2D eigenvalue weighted by atomic mass is 9.86. The number of carbonyl (C=O) groups is 4. The molecule has 2 aliphatic rings. The predicted octanol–water partition coefficient (Wildman–Crippen LogP) is -2.01. The average Bonchev–Trinajstić information content (AvgIpc) is 2.41. The third-order valence-electron chi connectivity index (χ3n) is 3.25. The first kappa shape index (κ1) is 15.3. The van der Waals surface area contributed by atoms with E-state index in [1.54, 1.807) is 0 Å². The van der Waals surface area contributed by atoms with Gasteiger partial charge in [-0.2, -0.15) is 0 Å². The summed E-state index contributed by atoms with van der Waals surface area (Å²) in [6, 6.07) is 0. The molecule has 2 atom stereocenters. The number of ether oxygens (including phenoxy) is 1. The number of nitrogens with zero attached hydrogens (tertiary/aromatic N) is 1. The summed E-state index contributed by atoms with van der Waals surface area (Å²) < 4.78 is 4.77. The Hall–Kier alpha value is -2.07. The van der Waals surface area contributed by atoms with Crippen LogP contribution < -0.4 is 11.5 Å². The van der Waals surface area contributed by atoms with Crippen molar-refractivity contribution in [2.75, 3.05) is 12.4 Å². The zero-order valence-corrected chi connectivity index (χ0v) is 11.8. The number of fused-ring (bicyclic) bond motifs is 1. The third kappa shape index (κ3) is 2.16. The molecule has 21 heavy (non-hydrogen) atoms. The van der Waals surface area contributed by atoms with Crippen molar-refractivity contribution in [1.82, 2.24) is 4.90 Å². The van der Waals surface area contributed by atoms with E-state index in [1.807, 2.05) is 0 Å². The Kier molecular flexibility index (Phi) is 3.68. The van der Waals surface area contributed by atoms with E-state index in [9.17, 15) is 24.3 Å². The van der Waals surface area contributed by atoms with Gasteiger partial charge in [-0.25, -0.2) is 4.79 Å². The minimum atomic E-state index is -1.90. The van der Waals surface area contributed by atoms with Gasteiger partial charge in [0.05, 0.1) is 0 Å². The van der Waals surface area contributed by atoms with Gasteiger partial charge in [0, 0.05) is 18.2 Å². The molecule has 0 bridgehead atoms. The molecule has 0 aromatic heterocycles. The van der Waals surface area contributed by atoms with Crippen molar-refractivity contribution in [3.8, 4) is 0 Å². The molecule has 1 saturated heterocycles. The second-order valence-electron chi connectivity index (χ2n) is 4.61. The number of thioether (sulfide) groups is 1. The quantitative estimate of drug-likeness (QED) is 0.305. The summed E-state index contributed by atoms with van der Waals surface area (Å²) in [4.78, 5) is 46.5. The van der Waals surface area contributed by atoms with E-state index in [0.717, 1.165) is 16.7 Å². The van der Waals surface area contributed by atoms with Crippen molar-refractivity contribution >= 4 is 35.5 Å². The highest BCUT2D eigenvalue weighted by Gasteiger charge is 2.66. The fourth-order valence-electron chi connectivity index (χ4n) is 2.17. The Labute approximate surface area is 123 Å². The monoisotopic (exact) mass is 315 g/mol. The molecule has 9 nitrogen and oxygen atoms in total. The van der Waals surface area contributed by atoms with Crippen molar-refractivity contribution in [3.63, 3.8) is 0 Å². The molecular weight excluding hydrogens is 302 g/mol. The Morgan fingerprint density at radius 1 is 1.52 bits per heavy atom. The van der Waals surface area contributed by atoms with E-state index in [-0.39, 0.29) is 23.6 Å². The molecule has 0 radical (unpaired) electrons. The van der Waals surface area contributed by atoms with Crippen LogP contribution in [0.1, 0.15) is 6.92 Å². The summed E-state index contributed by atoms with van der Waals surface area (Å²) >= 11 is 1.10. The van der Waals surface area contributed by atoms with Crippen LogP contribution in [0.2, 0.25) is 0 Å². The molecule has 0 saturated carbocycles. The zero-order chi connectivity index (χ0) is 15.9. The van der Waals surface area contributed by atoms with Gasteiger partial charge in [-0.05, 0) is 0 Å². The molecule has 1 fully saturated rings. The number of carbonyl (C=O) groups excluding carboxylic acids is 3. The summed E-state index contributed by atoms with van der Waals surface area (Å²) in [5, 5.41) is 8.40. The predicted molar refractivity (Wildman–Crippen MR) is 70.5 cm³/mol. The molecule has 0 aliphatic carbocycles. The molecule has 0 unspecified atom stereocenters. The van der Waals surface area contributed by atoms with Gasteiger partial charge in [0.15, 0.2) is 0 Å². The molecule has 10 heteroatoms. The smallest absolute Gasteiger partial charge is 0.352 e. The van der Waals surface area contributed by atoms with Crippen molar-refractivity contribution < 1.29 is 29.0 Å². The van der Waals surface area contributed by atoms with Gasteiger partial charge in [0.2, 0.25) is 11.4 Å². The maximum absolute atomic E-state index is 12.0. The molecule has 2 heterocycles. The summed E-state index contributed by atoms with van der Waals surface area (Å²) in [6.07, 6.45) is 0. The first-order valence-electron chi connectivity index (χ1n) is 5.84. The second-order valence-corrected chi connectivity index (χ2v) is 5.68. The van der Waals surface area contributed by atoms with Gasteiger partial charge >= 0.3 is 11.9 Å². The second kappa shape index (κ2) is 5.04. The Balaban J connectivity index is 2.35. The summed E-state index contributed by atoms with van der Waals surface area (Å²) in [6.45, 7) is 0.946. The molecule has 0 aromatic carbocycles. The van der Waals surface area contributed by atoms with Gasteiger partial charge < -0.3 is 21.3 Å². The van der Waals surface area contributed by atoms with Crippen LogP contribution in [0.5, 0.6) is 0 Å². The molecule has 0 aromatic rings. The molecule has 2 aliphatic heterocycles. The standard InChI is InChI=1S/C11H13N3O6S/c1-4(15)20-2-5-3-21-10-11(13,8(12)18)9(19)14(10)6(5)7(16)17/h10H,2-3,13H2,1H3,(H2,12,18)(H,16,17)/t10-,11+/m1/s1. The van der Waals surface area contributed by atoms with Crippen LogP contribution in [0.15, 0.2) is 11.3 Å². The maximum Gasteiger partial charge on any atom is 0.352 e. The van der Waals surface area contributed by atoms with E-state index in [1.165, 1.54) is 6.92 Å². The molecular formula is C11H13N3O6S. The van der Waals surface area contributed by atoms with E-state index >= 15 is 0 Å². The molecule has 0 spiro atoms. The van der Waals surface area contributed by atoms with Crippen LogP contribution in [0.25, 0.3) is 0 Å². The largest absolute Gasteiger partial charge is 0.477 e. The fourth-order valence-corrected chi connectivity index (χ4v) is 3.58. The Bertz CT molecular complexity index is 589. The van der Waals surface area contributed by atoms with Crippen molar-refractivity contribution in [1.29, 1.82) is 0 Å². The summed E-state index contributed by atoms with van der Waals surface area (Å²) in [7, 11) is 0. The highest BCUT2D eigenvalue weighted by molar-refractivity contribution is 8.00. The van der Waals surface area contributed by atoms with Crippen LogP contribution in [-0.4, -0.2) is 57.0 Å². The number of hydrogen-bond acceptors (Lipinski definition) is 7. The first-order valence-corrected chi connectivity index (χ1v) is 6.88. The van der Waals surface area contributed by atoms with Crippen molar-refractivity contribution in [2.45, 2.75) is 17.8 Å². The average molecular weight is 315 g/mol. The fraction of sp³-hybridized carbons (Fsp3) is 0.455. The van der Waals surface area contributed by atoms with Crippen molar-refractivity contribution in [3.05, 3.63) is 11.3 Å². The number of aliphatic carboxylic acids is 1. The number of esters is 1. The number of rotatable bonds is 4. The van der Waals surface area contributed by atoms with Gasteiger partial charge in [0.1, 0.15) is 17.7 Å². The summed E-state index contributed by atoms with van der Waals surface area (Å²) in [5.74, 6) is -3.64. The van der Waals surface area contributed by atoms with Gasteiger partial charge in [-0.1, -0.05) is 0 Å². The zero-order valence-electron chi connectivity index (χ0n) is 11.0. The normalized spacial score (nSPS) is 27.8. The van der Waals surface area contributed by atoms with E-state index in [4.69, 9.17) is 16.2 Å². The van der Waals surface area contributed by atoms with Gasteiger partial charge in [0.25, 0.3) is 5.91 Å². The summed E-state index contributed by atoms with van der Waals surface area (Å²) in [5.41, 5.74) is 8.86. The van der Waals surface area contributed by atoms with E-state index in [0.29, 0.717) is 0 Å². The number of nitrogens with two attached hydrogens (primary N) is 2. The lowest BCUT2D eigenvalue weighted by Crippen LogP contribution is -2.82. The first-order chi connectivity index (χ1) is 9.71. The van der Waals surface area contributed by atoms with E-state index < -0.39 is 34.7 Å². The number of carboxylic acids is 1. The molecule has 5 N–H and O–H groups in total. The number of hydrogen-bond donors (Lipinski definition) is 3. The Morgan fingerprint density at radius 2 is 2.14 bits per heavy atom. The number of amides is 2. The van der Waals surface area contributed by atoms with Crippen LogP contribution >= 0.6 is 11.8 Å². The lowest BCUT2D eigenvalue weighted by Gasteiger charge is -2.53. The Morgan fingerprint density at radius 3 is 2.62 bits per heavy atom. The van der Waals surface area contributed by atoms with Crippen molar-refractivity contribution in [2.24, 2.45) is 11.5 Å². The number of primary amides is 1. The van der Waals surface area contributed by atoms with Crippen LogP contribution in [-0.2, 0) is 23.9 Å². The number of β-lactam (4-membered cyclic amide) rings is 1. The van der Waals surface area contributed by atoms with E-state index in [2.05, 4.69) is 0 Å². The highest BCUT2D eigenvalue weighted by atomic mass is 32.2. The molecule has 114 valence electrons. The van der Waals surface area contributed by atoms with Crippen LogP contribution in [0.4, 0.5) is 0 Å². The highest BCUT2D eigenvalue weighted by Crippen LogP contribution is 2.44. The van der Waals surface area contributed by atoms with Gasteiger partial charge in [-0.3, -0.25) is 19.3 Å². The maximum atomic E-state index is 12.0. The topological polar surface area (TPSA) is 153 Å². The molecule has 2 amide bonds. The van der Waals surface area contributed by atoms with Gasteiger partial charge in [-0.15, -0.1) is 11.8 Å².